The van der Waals surface area contributed by atoms with Crippen molar-refractivity contribution in [1.29, 1.82) is 0 Å². The largest absolute Gasteiger partial charge is 0.456 e. The average Bonchev–Trinajstić information content (AvgIpc) is 3.57. The first kappa shape index (κ1) is 28.4. The minimum absolute atomic E-state index is 0.900. The normalized spacial score (nSPS) is 11.6. The Labute approximate surface area is 290 Å². The van der Waals surface area contributed by atoms with Gasteiger partial charge in [0.25, 0.3) is 0 Å². The third-order valence-electron chi connectivity index (χ3n) is 10.0. The number of fused-ring (bicyclic) bond motifs is 8. The fourth-order valence-corrected chi connectivity index (χ4v) is 7.67. The van der Waals surface area contributed by atoms with Gasteiger partial charge in [-0.25, -0.2) is 0 Å². The molecule has 0 saturated heterocycles. The van der Waals surface area contributed by atoms with Crippen molar-refractivity contribution in [3.8, 4) is 22.3 Å². The molecule has 0 radical (unpaired) electrons. The standard InChI is InChI=1S/C48H31NO/c1-2-10-32(11-3-1)33-24-26-38(27-25-33)49(40-28-29-43-37(31-40)23-22-35-21-20-34-12-4-5-15-41(34)47(35)43)39-14-8-13-36(30-39)42-17-9-19-46-48(42)44-16-6-7-18-45(44)50-46/h1-31H. The minimum Gasteiger partial charge on any atom is -0.456 e. The van der Waals surface area contributed by atoms with Gasteiger partial charge in [-0.05, 0) is 103 Å². The first-order valence-corrected chi connectivity index (χ1v) is 17.1. The first-order valence-electron chi connectivity index (χ1n) is 17.1. The van der Waals surface area contributed by atoms with Crippen molar-refractivity contribution in [3.63, 3.8) is 0 Å². The number of furan rings is 1. The maximum absolute atomic E-state index is 6.27. The first-order chi connectivity index (χ1) is 24.8. The Morgan fingerprint density at radius 3 is 1.82 bits per heavy atom. The highest BCUT2D eigenvalue weighted by Gasteiger charge is 2.17. The van der Waals surface area contributed by atoms with Gasteiger partial charge in [0.05, 0.1) is 0 Å². The zero-order valence-electron chi connectivity index (χ0n) is 27.3. The van der Waals surface area contributed by atoms with E-state index in [9.17, 15) is 0 Å². The molecule has 9 aromatic carbocycles. The molecular formula is C48H31NO. The van der Waals surface area contributed by atoms with Gasteiger partial charge in [-0.15, -0.1) is 0 Å². The van der Waals surface area contributed by atoms with E-state index < -0.39 is 0 Å². The molecule has 0 saturated carbocycles. The number of benzene rings is 9. The molecule has 50 heavy (non-hydrogen) atoms. The predicted molar refractivity (Wildman–Crippen MR) is 212 cm³/mol. The topological polar surface area (TPSA) is 16.4 Å². The number of rotatable bonds is 5. The van der Waals surface area contributed by atoms with Crippen LogP contribution in [0, 0.1) is 0 Å². The Balaban J connectivity index is 1.16. The SMILES string of the molecule is c1ccc(-c2ccc(N(c3cccc(-c4cccc5oc6ccccc6c45)c3)c3ccc4c(ccc5ccc6ccccc6c54)c3)cc2)cc1. The van der Waals surface area contributed by atoms with Crippen molar-refractivity contribution in [2.24, 2.45) is 0 Å². The van der Waals surface area contributed by atoms with E-state index in [1.165, 1.54) is 43.4 Å². The molecule has 0 aliphatic carbocycles. The Morgan fingerprint density at radius 2 is 0.940 bits per heavy atom. The quantitative estimate of drug-likeness (QED) is 0.175. The van der Waals surface area contributed by atoms with Crippen molar-refractivity contribution in [1.82, 2.24) is 0 Å². The summed E-state index contributed by atoms with van der Waals surface area (Å²) < 4.78 is 6.27. The molecule has 1 heterocycles. The van der Waals surface area contributed by atoms with Gasteiger partial charge >= 0.3 is 0 Å². The van der Waals surface area contributed by atoms with Crippen molar-refractivity contribution in [3.05, 3.63) is 188 Å². The molecule has 10 rings (SSSR count). The maximum Gasteiger partial charge on any atom is 0.136 e. The van der Waals surface area contributed by atoms with Gasteiger partial charge in [-0.2, -0.15) is 0 Å². The van der Waals surface area contributed by atoms with Crippen molar-refractivity contribution in [2.75, 3.05) is 4.90 Å². The van der Waals surface area contributed by atoms with Crippen LogP contribution >= 0.6 is 0 Å². The second-order valence-electron chi connectivity index (χ2n) is 12.9. The molecule has 0 aliphatic rings. The van der Waals surface area contributed by atoms with E-state index in [-0.39, 0.29) is 0 Å². The summed E-state index contributed by atoms with van der Waals surface area (Å²) >= 11 is 0. The lowest BCUT2D eigenvalue weighted by Crippen LogP contribution is -2.10. The molecule has 1 aromatic heterocycles. The van der Waals surface area contributed by atoms with E-state index in [0.717, 1.165) is 50.1 Å². The molecule has 0 atom stereocenters. The molecule has 0 N–H and O–H groups in total. The van der Waals surface area contributed by atoms with Gasteiger partial charge in [0.15, 0.2) is 0 Å². The third kappa shape index (κ3) is 4.65. The predicted octanol–water partition coefficient (Wildman–Crippen LogP) is 13.8. The van der Waals surface area contributed by atoms with Gasteiger partial charge in [0.2, 0.25) is 0 Å². The molecule has 234 valence electrons. The van der Waals surface area contributed by atoms with Gasteiger partial charge in [-0.1, -0.05) is 140 Å². The van der Waals surface area contributed by atoms with E-state index in [1.54, 1.807) is 0 Å². The van der Waals surface area contributed by atoms with Crippen LogP contribution in [0.5, 0.6) is 0 Å². The summed E-state index contributed by atoms with van der Waals surface area (Å²) in [5, 5.41) is 9.84. The summed E-state index contributed by atoms with van der Waals surface area (Å²) in [4.78, 5) is 2.37. The third-order valence-corrected chi connectivity index (χ3v) is 10.0. The lowest BCUT2D eigenvalue weighted by atomic mass is 9.96. The van der Waals surface area contributed by atoms with Crippen molar-refractivity contribution >= 4 is 71.3 Å². The van der Waals surface area contributed by atoms with Crippen LogP contribution in [0.1, 0.15) is 0 Å². The molecular weight excluding hydrogens is 607 g/mol. The van der Waals surface area contributed by atoms with Gasteiger partial charge < -0.3 is 9.32 Å². The Morgan fingerprint density at radius 1 is 0.320 bits per heavy atom. The van der Waals surface area contributed by atoms with Gasteiger partial charge in [0, 0.05) is 27.8 Å². The van der Waals surface area contributed by atoms with Crippen LogP contribution in [-0.4, -0.2) is 0 Å². The van der Waals surface area contributed by atoms with Crippen LogP contribution < -0.4 is 4.90 Å². The zero-order chi connectivity index (χ0) is 33.0. The smallest absolute Gasteiger partial charge is 0.136 e. The van der Waals surface area contributed by atoms with E-state index in [4.69, 9.17) is 4.42 Å². The number of hydrogen-bond acceptors (Lipinski definition) is 2. The van der Waals surface area contributed by atoms with Crippen LogP contribution in [-0.2, 0) is 0 Å². The summed E-state index contributed by atoms with van der Waals surface area (Å²) in [7, 11) is 0. The number of hydrogen-bond donors (Lipinski definition) is 0. The van der Waals surface area contributed by atoms with Crippen molar-refractivity contribution < 1.29 is 4.42 Å². The molecule has 2 nitrogen and oxygen atoms in total. The highest BCUT2D eigenvalue weighted by Crippen LogP contribution is 2.42. The lowest BCUT2D eigenvalue weighted by Gasteiger charge is -2.27. The highest BCUT2D eigenvalue weighted by atomic mass is 16.3. The van der Waals surface area contributed by atoms with Gasteiger partial charge in [0.1, 0.15) is 11.2 Å². The molecule has 0 spiro atoms. The molecule has 0 aliphatic heterocycles. The summed E-state index contributed by atoms with van der Waals surface area (Å²) in [5.41, 5.74) is 9.79. The average molecular weight is 638 g/mol. The van der Waals surface area contributed by atoms with Crippen LogP contribution in [0.2, 0.25) is 0 Å². The minimum atomic E-state index is 0.900. The molecule has 10 aromatic rings. The Hall–Kier alpha value is -6.64. The number of nitrogens with zero attached hydrogens (tertiary/aromatic N) is 1. The Bertz CT molecular complexity index is 2870. The summed E-state index contributed by atoms with van der Waals surface area (Å²) in [6, 6.07) is 67.6. The molecule has 0 fully saturated rings. The van der Waals surface area contributed by atoms with Crippen LogP contribution in [0.4, 0.5) is 17.1 Å². The van der Waals surface area contributed by atoms with Crippen LogP contribution in [0.3, 0.4) is 0 Å². The van der Waals surface area contributed by atoms with E-state index in [2.05, 4.69) is 181 Å². The molecule has 0 bridgehead atoms. The summed E-state index contributed by atoms with van der Waals surface area (Å²) in [5.74, 6) is 0. The number of para-hydroxylation sites is 1. The number of anilines is 3. The van der Waals surface area contributed by atoms with E-state index in [1.807, 2.05) is 12.1 Å². The van der Waals surface area contributed by atoms with E-state index >= 15 is 0 Å². The van der Waals surface area contributed by atoms with E-state index in [0.29, 0.717) is 0 Å². The zero-order valence-corrected chi connectivity index (χ0v) is 27.3. The van der Waals surface area contributed by atoms with Gasteiger partial charge in [-0.3, -0.25) is 0 Å². The van der Waals surface area contributed by atoms with Crippen LogP contribution in [0.15, 0.2) is 192 Å². The summed E-state index contributed by atoms with van der Waals surface area (Å²) in [6.45, 7) is 0. The monoisotopic (exact) mass is 637 g/mol. The fourth-order valence-electron chi connectivity index (χ4n) is 7.67. The lowest BCUT2D eigenvalue weighted by molar-refractivity contribution is 0.669. The Kier molecular flexibility index (Phi) is 6.53. The summed E-state index contributed by atoms with van der Waals surface area (Å²) in [6.07, 6.45) is 0. The second-order valence-corrected chi connectivity index (χ2v) is 12.9. The second kappa shape index (κ2) is 11.5. The molecule has 0 unspecified atom stereocenters. The molecule has 0 amide bonds. The molecule has 2 heteroatoms. The van der Waals surface area contributed by atoms with Crippen molar-refractivity contribution in [2.45, 2.75) is 0 Å². The fraction of sp³-hybridized carbons (Fsp3) is 0. The maximum atomic E-state index is 6.27. The van der Waals surface area contributed by atoms with Crippen LogP contribution in [0.25, 0.3) is 76.5 Å². The highest BCUT2D eigenvalue weighted by molar-refractivity contribution is 6.20.